The molecule has 2 saturated carbocycles. The molecule has 2 aromatic carbocycles. The fourth-order valence-corrected chi connectivity index (χ4v) is 10.2. The van der Waals surface area contributed by atoms with Crippen molar-refractivity contribution >= 4 is 52.2 Å². The van der Waals surface area contributed by atoms with Crippen LogP contribution >= 0.6 is 34.7 Å². The van der Waals surface area contributed by atoms with Crippen LogP contribution in [0.1, 0.15) is 28.3 Å². The van der Waals surface area contributed by atoms with Crippen molar-refractivity contribution in [1.29, 1.82) is 0 Å². The summed E-state index contributed by atoms with van der Waals surface area (Å²) in [5.41, 5.74) is 0.0600. The van der Waals surface area contributed by atoms with Crippen LogP contribution < -0.4 is 9.77 Å². The molecule has 4 aliphatic rings. The van der Waals surface area contributed by atoms with Gasteiger partial charge in [-0.3, -0.25) is 19.3 Å². The summed E-state index contributed by atoms with van der Waals surface area (Å²) in [5, 5.41) is 1.39. The van der Waals surface area contributed by atoms with Gasteiger partial charge in [0.2, 0.25) is 11.8 Å². The molecule has 7 rings (SSSR count). The van der Waals surface area contributed by atoms with E-state index in [9.17, 15) is 27.6 Å². The number of rotatable bonds is 2. The van der Waals surface area contributed by atoms with E-state index in [1.807, 2.05) is 12.1 Å². The summed E-state index contributed by atoms with van der Waals surface area (Å²) in [6, 6.07) is 11.9. The third-order valence-electron chi connectivity index (χ3n) is 8.38. The Morgan fingerprint density at radius 1 is 0.973 bits per heavy atom. The Bertz CT molecular complexity index is 1520. The van der Waals surface area contributed by atoms with Gasteiger partial charge in [0, 0.05) is 21.1 Å². The molecule has 3 fully saturated rings. The second kappa shape index (κ2) is 7.97. The highest BCUT2D eigenvalue weighted by Crippen LogP contribution is 2.68. The maximum atomic E-state index is 13.7. The standard InChI is InChI=1S/C26H18ClF3N2O3S2/c27-12-6-4-10(5-7-12)16-17-14-9-15(20(17)36-22-21(16)37-25(35)31-22)19-18(14)23(33)32(24(19)34)13-3-1-2-11(8-13)26(28,29)30/h1-8,14-20H,9H2,(H,31,35)/t14-,15-,16+,17-,18+,19-,20-/m1/s1. The minimum absolute atomic E-state index is 0.00267. The number of alkyl halides is 3. The van der Waals surface area contributed by atoms with E-state index < -0.39 is 35.4 Å². The largest absolute Gasteiger partial charge is 0.416 e. The highest BCUT2D eigenvalue weighted by atomic mass is 35.5. The smallest absolute Gasteiger partial charge is 0.307 e. The number of hydrogen-bond donors (Lipinski definition) is 1. The molecule has 3 aromatic rings. The summed E-state index contributed by atoms with van der Waals surface area (Å²) in [6.07, 6.45) is -3.88. The van der Waals surface area contributed by atoms with Crippen LogP contribution in [-0.2, 0) is 15.8 Å². The maximum absolute atomic E-state index is 13.7. The molecule has 5 nitrogen and oxygen atoms in total. The zero-order valence-electron chi connectivity index (χ0n) is 18.9. The summed E-state index contributed by atoms with van der Waals surface area (Å²) in [6.45, 7) is 0. The average molecular weight is 563 g/mol. The molecular weight excluding hydrogens is 545 g/mol. The number of nitrogens with one attached hydrogen (secondary N) is 1. The van der Waals surface area contributed by atoms with Gasteiger partial charge in [-0.15, -0.1) is 11.8 Å². The lowest BCUT2D eigenvalue weighted by Gasteiger charge is -2.43. The maximum Gasteiger partial charge on any atom is 0.416 e. The summed E-state index contributed by atoms with van der Waals surface area (Å²) < 4.78 is 40.0. The molecule has 190 valence electrons. The molecule has 1 saturated heterocycles. The monoisotopic (exact) mass is 562 g/mol. The number of benzene rings is 2. The number of hydrogen-bond acceptors (Lipinski definition) is 5. The van der Waals surface area contributed by atoms with Gasteiger partial charge >= 0.3 is 11.0 Å². The van der Waals surface area contributed by atoms with E-state index in [0.29, 0.717) is 11.4 Å². The Hall–Kier alpha value is -2.56. The number of fused-ring (bicyclic) bond motifs is 9. The zero-order valence-corrected chi connectivity index (χ0v) is 21.3. The van der Waals surface area contributed by atoms with Crippen LogP contribution in [0.3, 0.4) is 0 Å². The quantitative estimate of drug-likeness (QED) is 0.402. The van der Waals surface area contributed by atoms with Gasteiger partial charge in [0.15, 0.2) is 0 Å². The summed E-state index contributed by atoms with van der Waals surface area (Å²) >= 11 is 8.87. The number of imide groups is 1. The molecule has 2 amide bonds. The lowest BCUT2D eigenvalue weighted by atomic mass is 9.68. The molecule has 7 atom stereocenters. The van der Waals surface area contributed by atoms with Gasteiger partial charge in [0.1, 0.15) is 0 Å². The summed E-state index contributed by atoms with van der Waals surface area (Å²) in [7, 11) is 0. The second-order valence-electron chi connectivity index (χ2n) is 10.1. The molecule has 37 heavy (non-hydrogen) atoms. The number of nitrogens with zero attached hydrogens (tertiary/aromatic N) is 1. The Kier molecular flexibility index (Phi) is 5.07. The van der Waals surface area contributed by atoms with E-state index in [1.165, 1.54) is 23.5 Å². The molecule has 2 aliphatic carbocycles. The van der Waals surface area contributed by atoms with Crippen molar-refractivity contribution in [3.63, 3.8) is 0 Å². The Balaban J connectivity index is 1.30. The predicted octanol–water partition coefficient (Wildman–Crippen LogP) is 5.79. The molecule has 3 heterocycles. The van der Waals surface area contributed by atoms with Crippen molar-refractivity contribution in [1.82, 2.24) is 4.98 Å². The topological polar surface area (TPSA) is 70.2 Å². The fraction of sp³-hybridized carbons (Fsp3) is 0.346. The Labute approximate surface area is 222 Å². The van der Waals surface area contributed by atoms with Gasteiger partial charge in [0.25, 0.3) is 0 Å². The summed E-state index contributed by atoms with van der Waals surface area (Å²) in [4.78, 5) is 44.3. The SMILES string of the molecule is O=C1[C@@H]2[C@H]3C[C@@H]([C@@H]2C(=O)N1c1cccc(C(F)(F)F)c1)[C@@H]1[C@H](c2ccc(Cl)cc2)c2sc(=O)[nH]c2S[C@H]31. The molecular formula is C26H18ClF3N2O3S2. The third-order valence-corrected chi connectivity index (χ3v) is 11.2. The highest BCUT2D eigenvalue weighted by Gasteiger charge is 2.69. The Morgan fingerprint density at radius 2 is 1.68 bits per heavy atom. The minimum atomic E-state index is -4.58. The first-order valence-electron chi connectivity index (χ1n) is 11.8. The number of thioether (sulfide) groups is 1. The number of thiazole rings is 1. The Morgan fingerprint density at radius 3 is 2.38 bits per heavy atom. The fourth-order valence-electron chi connectivity index (χ4n) is 7.14. The van der Waals surface area contributed by atoms with Crippen molar-refractivity contribution in [3.05, 3.63) is 79.2 Å². The first-order chi connectivity index (χ1) is 17.6. The van der Waals surface area contributed by atoms with Crippen LogP contribution in [0.5, 0.6) is 0 Å². The number of carbonyl (C=O) groups is 2. The molecule has 1 aromatic heterocycles. The molecule has 2 aliphatic heterocycles. The summed E-state index contributed by atoms with van der Waals surface area (Å²) in [5.74, 6) is -2.35. The van der Waals surface area contributed by atoms with Crippen LogP contribution in [0.4, 0.5) is 18.9 Å². The number of carbonyl (C=O) groups excluding carboxylic acids is 2. The van der Waals surface area contributed by atoms with E-state index in [0.717, 1.165) is 32.5 Å². The van der Waals surface area contributed by atoms with Gasteiger partial charge in [-0.05, 0) is 60.1 Å². The van der Waals surface area contributed by atoms with Gasteiger partial charge in [-0.1, -0.05) is 41.1 Å². The molecule has 0 unspecified atom stereocenters. The first kappa shape index (κ1) is 23.5. The van der Waals surface area contributed by atoms with Gasteiger partial charge in [-0.2, -0.15) is 13.2 Å². The van der Waals surface area contributed by atoms with Gasteiger partial charge < -0.3 is 4.98 Å². The zero-order chi connectivity index (χ0) is 25.8. The van der Waals surface area contributed by atoms with E-state index in [2.05, 4.69) is 4.98 Å². The van der Waals surface area contributed by atoms with Crippen molar-refractivity contribution in [3.8, 4) is 0 Å². The second-order valence-corrected chi connectivity index (χ2v) is 12.7. The van der Waals surface area contributed by atoms with Crippen molar-refractivity contribution in [2.75, 3.05) is 4.90 Å². The lowest BCUT2D eigenvalue weighted by Crippen LogP contribution is -2.42. The number of aromatic nitrogens is 1. The van der Waals surface area contributed by atoms with Gasteiger partial charge in [0.05, 0.1) is 28.1 Å². The normalized spacial score (nSPS) is 32.0. The van der Waals surface area contributed by atoms with E-state index >= 15 is 0 Å². The van der Waals surface area contributed by atoms with Gasteiger partial charge in [-0.25, -0.2) is 0 Å². The molecule has 2 bridgehead atoms. The van der Waals surface area contributed by atoms with E-state index in [4.69, 9.17) is 11.6 Å². The van der Waals surface area contributed by atoms with Crippen LogP contribution in [0.15, 0.2) is 58.4 Å². The average Bonchev–Trinajstić information content (AvgIpc) is 3.58. The number of H-pyrrole nitrogens is 1. The lowest BCUT2D eigenvalue weighted by molar-refractivity contribution is -0.137. The van der Waals surface area contributed by atoms with Crippen LogP contribution in [0.25, 0.3) is 0 Å². The van der Waals surface area contributed by atoms with Crippen LogP contribution in [0, 0.1) is 29.6 Å². The van der Waals surface area contributed by atoms with Crippen molar-refractivity contribution < 1.29 is 22.8 Å². The molecule has 1 N–H and O–H groups in total. The number of halogens is 4. The molecule has 0 spiro atoms. The van der Waals surface area contributed by atoms with Crippen molar-refractivity contribution in [2.24, 2.45) is 29.6 Å². The number of amides is 2. The van der Waals surface area contributed by atoms with Crippen molar-refractivity contribution in [2.45, 2.75) is 28.8 Å². The van der Waals surface area contributed by atoms with E-state index in [-0.39, 0.29) is 39.5 Å². The van der Waals surface area contributed by atoms with Crippen LogP contribution in [0.2, 0.25) is 5.02 Å². The van der Waals surface area contributed by atoms with Crippen LogP contribution in [-0.4, -0.2) is 22.0 Å². The number of anilines is 1. The highest BCUT2D eigenvalue weighted by molar-refractivity contribution is 8.00. The molecule has 0 radical (unpaired) electrons. The van der Waals surface area contributed by atoms with E-state index in [1.54, 1.807) is 23.9 Å². The number of aromatic amines is 1. The minimum Gasteiger partial charge on any atom is -0.307 e. The molecule has 11 heteroatoms. The third kappa shape index (κ3) is 3.34. The first-order valence-corrected chi connectivity index (χ1v) is 13.9. The predicted molar refractivity (Wildman–Crippen MR) is 134 cm³/mol.